The average molecular weight is 180 g/mol. The molecule has 1 N–H and O–H groups in total. The second-order valence-electron chi connectivity index (χ2n) is 3.47. The first-order chi connectivity index (χ1) is 6.20. The molecule has 0 unspecified atom stereocenters. The van der Waals surface area contributed by atoms with Crippen LogP contribution in [0.2, 0.25) is 0 Å². The van der Waals surface area contributed by atoms with Crippen molar-refractivity contribution in [2.24, 2.45) is 0 Å². The van der Waals surface area contributed by atoms with E-state index in [2.05, 4.69) is 12.7 Å². The molecule has 0 radical (unpaired) electrons. The van der Waals surface area contributed by atoms with E-state index in [-0.39, 0.29) is 6.42 Å². The predicted molar refractivity (Wildman–Crippen MR) is 52.6 cm³/mol. The fourth-order valence-electron chi connectivity index (χ4n) is 1.61. The molecule has 1 rings (SSSR count). The van der Waals surface area contributed by atoms with Crippen molar-refractivity contribution in [1.82, 2.24) is 0 Å². The van der Waals surface area contributed by atoms with Gasteiger partial charge in [-0.2, -0.15) is 0 Å². The molecule has 0 aromatic heterocycles. The third-order valence-corrected chi connectivity index (χ3v) is 2.36. The molecule has 2 heteroatoms. The summed E-state index contributed by atoms with van der Waals surface area (Å²) in [6.07, 6.45) is 7.55. The molecule has 0 spiro atoms. The van der Waals surface area contributed by atoms with E-state index in [1.54, 1.807) is 0 Å². The first-order valence-electron chi connectivity index (χ1n) is 4.79. The summed E-state index contributed by atoms with van der Waals surface area (Å²) in [5, 5.41) is 8.45. The minimum atomic E-state index is -0.715. The average Bonchev–Trinajstić information content (AvgIpc) is 2.55. The van der Waals surface area contributed by atoms with Crippen LogP contribution in [0, 0.1) is 0 Å². The Hall–Kier alpha value is -1.05. The van der Waals surface area contributed by atoms with Crippen LogP contribution >= 0.6 is 0 Å². The molecular formula is C11H16O2. The Balaban J connectivity index is 2.21. The second kappa shape index (κ2) is 4.85. The summed E-state index contributed by atoms with van der Waals surface area (Å²) in [6.45, 7) is 3.97. The Morgan fingerprint density at radius 2 is 2.31 bits per heavy atom. The van der Waals surface area contributed by atoms with E-state index in [9.17, 15) is 4.79 Å². The SMILES string of the molecule is C=C(CCCC(=O)O)C1=CCCC1. The lowest BCUT2D eigenvalue weighted by atomic mass is 10.0. The zero-order valence-corrected chi connectivity index (χ0v) is 7.88. The van der Waals surface area contributed by atoms with Gasteiger partial charge in [-0.15, -0.1) is 0 Å². The van der Waals surface area contributed by atoms with Crippen LogP contribution in [0.15, 0.2) is 23.8 Å². The van der Waals surface area contributed by atoms with Crippen molar-refractivity contribution in [1.29, 1.82) is 0 Å². The molecule has 0 saturated heterocycles. The molecule has 0 amide bonds. The quantitative estimate of drug-likeness (QED) is 0.706. The van der Waals surface area contributed by atoms with Crippen LogP contribution < -0.4 is 0 Å². The molecule has 0 aliphatic heterocycles. The van der Waals surface area contributed by atoms with Crippen molar-refractivity contribution in [2.75, 3.05) is 0 Å². The topological polar surface area (TPSA) is 37.3 Å². The van der Waals surface area contributed by atoms with Crippen molar-refractivity contribution in [2.45, 2.75) is 38.5 Å². The van der Waals surface area contributed by atoms with Crippen LogP contribution in [0.25, 0.3) is 0 Å². The normalized spacial score (nSPS) is 15.5. The molecule has 1 aliphatic carbocycles. The summed E-state index contributed by atoms with van der Waals surface area (Å²) < 4.78 is 0. The van der Waals surface area contributed by atoms with Gasteiger partial charge in [-0.25, -0.2) is 0 Å². The Morgan fingerprint density at radius 3 is 2.85 bits per heavy atom. The maximum atomic E-state index is 10.3. The van der Waals surface area contributed by atoms with E-state index < -0.39 is 5.97 Å². The number of hydrogen-bond acceptors (Lipinski definition) is 1. The molecule has 72 valence electrons. The number of carboxylic acids is 1. The number of carbonyl (C=O) groups is 1. The highest BCUT2D eigenvalue weighted by Gasteiger charge is 2.08. The minimum Gasteiger partial charge on any atom is -0.481 e. The smallest absolute Gasteiger partial charge is 0.303 e. The van der Waals surface area contributed by atoms with E-state index >= 15 is 0 Å². The largest absolute Gasteiger partial charge is 0.481 e. The van der Waals surface area contributed by atoms with Gasteiger partial charge >= 0.3 is 5.97 Å². The first kappa shape index (κ1) is 10.0. The predicted octanol–water partition coefficient (Wildman–Crippen LogP) is 2.91. The molecule has 0 bridgehead atoms. The molecule has 0 saturated carbocycles. The fraction of sp³-hybridized carbons (Fsp3) is 0.545. The van der Waals surface area contributed by atoms with Crippen LogP contribution in [0.3, 0.4) is 0 Å². The van der Waals surface area contributed by atoms with Gasteiger partial charge in [-0.3, -0.25) is 4.79 Å². The van der Waals surface area contributed by atoms with Crippen LogP contribution in [0.1, 0.15) is 38.5 Å². The van der Waals surface area contributed by atoms with Gasteiger partial charge in [0.2, 0.25) is 0 Å². The maximum absolute atomic E-state index is 10.3. The molecule has 0 aromatic rings. The number of aliphatic carboxylic acids is 1. The van der Waals surface area contributed by atoms with Gasteiger partial charge in [0.1, 0.15) is 0 Å². The minimum absolute atomic E-state index is 0.256. The third-order valence-electron chi connectivity index (χ3n) is 2.36. The summed E-state index contributed by atoms with van der Waals surface area (Å²) in [5.41, 5.74) is 2.49. The van der Waals surface area contributed by atoms with Crippen molar-refractivity contribution in [3.8, 4) is 0 Å². The summed E-state index contributed by atoms with van der Waals surface area (Å²) >= 11 is 0. The van der Waals surface area contributed by atoms with Gasteiger partial charge < -0.3 is 5.11 Å². The number of rotatable bonds is 5. The lowest BCUT2D eigenvalue weighted by Crippen LogP contribution is -1.95. The van der Waals surface area contributed by atoms with Crippen LogP contribution in [0.5, 0.6) is 0 Å². The van der Waals surface area contributed by atoms with Crippen LogP contribution in [-0.4, -0.2) is 11.1 Å². The summed E-state index contributed by atoms with van der Waals surface area (Å²) in [4.78, 5) is 10.3. The van der Waals surface area contributed by atoms with Gasteiger partial charge in [0.05, 0.1) is 0 Å². The molecule has 1 aliphatic rings. The lowest BCUT2D eigenvalue weighted by Gasteiger charge is -2.04. The number of allylic oxidation sites excluding steroid dienone is 3. The van der Waals surface area contributed by atoms with Crippen molar-refractivity contribution >= 4 is 5.97 Å². The van der Waals surface area contributed by atoms with Gasteiger partial charge in [-0.05, 0) is 37.7 Å². The Morgan fingerprint density at radius 1 is 1.54 bits per heavy atom. The van der Waals surface area contributed by atoms with E-state index in [0.29, 0.717) is 6.42 Å². The summed E-state index contributed by atoms with van der Waals surface area (Å²) in [6, 6.07) is 0. The number of hydrogen-bond donors (Lipinski definition) is 1. The van der Waals surface area contributed by atoms with Crippen molar-refractivity contribution in [3.63, 3.8) is 0 Å². The third kappa shape index (κ3) is 3.45. The molecule has 0 heterocycles. The van der Waals surface area contributed by atoms with Crippen LogP contribution in [-0.2, 0) is 4.79 Å². The van der Waals surface area contributed by atoms with Gasteiger partial charge in [0, 0.05) is 6.42 Å². The van der Waals surface area contributed by atoms with E-state index in [1.165, 1.54) is 12.0 Å². The zero-order valence-electron chi connectivity index (χ0n) is 7.88. The fourth-order valence-corrected chi connectivity index (χ4v) is 1.61. The molecule has 13 heavy (non-hydrogen) atoms. The lowest BCUT2D eigenvalue weighted by molar-refractivity contribution is -0.137. The summed E-state index contributed by atoms with van der Waals surface area (Å²) in [5.74, 6) is -0.715. The standard InChI is InChI=1S/C11H16O2/c1-9(5-4-8-11(12)13)10-6-2-3-7-10/h6H,1-5,7-8H2,(H,12,13). The molecule has 0 aromatic carbocycles. The van der Waals surface area contributed by atoms with Gasteiger partial charge in [0.15, 0.2) is 0 Å². The zero-order chi connectivity index (χ0) is 9.68. The van der Waals surface area contributed by atoms with E-state index in [0.717, 1.165) is 24.8 Å². The van der Waals surface area contributed by atoms with Crippen molar-refractivity contribution in [3.05, 3.63) is 23.8 Å². The Kier molecular flexibility index (Phi) is 3.74. The molecule has 0 atom stereocenters. The highest BCUT2D eigenvalue weighted by Crippen LogP contribution is 2.26. The Labute approximate surface area is 79.0 Å². The molecular weight excluding hydrogens is 164 g/mol. The number of carboxylic acid groups (broad SMARTS) is 1. The van der Waals surface area contributed by atoms with Crippen molar-refractivity contribution < 1.29 is 9.90 Å². The second-order valence-corrected chi connectivity index (χ2v) is 3.47. The molecule has 2 nitrogen and oxygen atoms in total. The Bertz CT molecular complexity index is 238. The summed E-state index contributed by atoms with van der Waals surface area (Å²) in [7, 11) is 0. The first-order valence-corrected chi connectivity index (χ1v) is 4.79. The molecule has 0 fully saturated rings. The highest BCUT2D eigenvalue weighted by atomic mass is 16.4. The van der Waals surface area contributed by atoms with Gasteiger partial charge in [-0.1, -0.05) is 18.2 Å². The van der Waals surface area contributed by atoms with E-state index in [1.807, 2.05) is 0 Å². The van der Waals surface area contributed by atoms with Crippen LogP contribution in [0.4, 0.5) is 0 Å². The monoisotopic (exact) mass is 180 g/mol. The highest BCUT2D eigenvalue weighted by molar-refractivity contribution is 5.66. The van der Waals surface area contributed by atoms with E-state index in [4.69, 9.17) is 5.11 Å². The maximum Gasteiger partial charge on any atom is 0.303 e. The van der Waals surface area contributed by atoms with Gasteiger partial charge in [0.25, 0.3) is 0 Å².